The minimum absolute atomic E-state index is 0.147. The van der Waals surface area contributed by atoms with Crippen LogP contribution in [0, 0.1) is 0 Å². The van der Waals surface area contributed by atoms with Gasteiger partial charge in [0.1, 0.15) is 6.09 Å². The van der Waals surface area contributed by atoms with E-state index in [1.165, 1.54) is 15.7 Å². The van der Waals surface area contributed by atoms with Crippen molar-refractivity contribution in [1.29, 1.82) is 0 Å². The number of likely N-dealkylation sites (tertiary alicyclic amines) is 1. The molecule has 2 unspecified atom stereocenters. The molecule has 1 aliphatic rings. The summed E-state index contributed by atoms with van der Waals surface area (Å²) in [7, 11) is 0. The molecule has 1 fully saturated rings. The van der Waals surface area contributed by atoms with E-state index in [-0.39, 0.29) is 12.0 Å². The van der Waals surface area contributed by atoms with Crippen LogP contribution in [0.2, 0.25) is 0 Å². The monoisotopic (exact) mass is 438 g/mol. The van der Waals surface area contributed by atoms with Crippen molar-refractivity contribution in [3.05, 3.63) is 82.3 Å². The molecule has 28 heavy (non-hydrogen) atoms. The van der Waals surface area contributed by atoms with Gasteiger partial charge in [0.15, 0.2) is 0 Å². The molecule has 0 aromatic heterocycles. The molecule has 0 saturated carbocycles. The molecule has 5 heteroatoms. The quantitative estimate of drug-likeness (QED) is 0.609. The van der Waals surface area contributed by atoms with E-state index < -0.39 is 6.09 Å². The minimum atomic E-state index is -1.13. The molecule has 1 saturated heterocycles. The summed E-state index contributed by atoms with van der Waals surface area (Å²) in [6, 6.07) is 22.7. The first-order valence-corrected chi connectivity index (χ1v) is 10.2. The molecule has 4 rings (SSSR count). The van der Waals surface area contributed by atoms with Gasteiger partial charge in [0.25, 0.3) is 0 Å². The van der Waals surface area contributed by atoms with E-state index >= 15 is 0 Å². The van der Waals surface area contributed by atoms with Gasteiger partial charge >= 0.3 is 0 Å². The van der Waals surface area contributed by atoms with Crippen molar-refractivity contribution in [1.82, 2.24) is 4.90 Å². The first-order chi connectivity index (χ1) is 13.6. The molecule has 3 aromatic rings. The van der Waals surface area contributed by atoms with Crippen LogP contribution in [0.3, 0.4) is 0 Å². The largest absolute Gasteiger partial charge is 0.530 e. The summed E-state index contributed by atoms with van der Waals surface area (Å²) in [4.78, 5) is 12.7. The van der Waals surface area contributed by atoms with E-state index in [1.54, 1.807) is 0 Å². The highest BCUT2D eigenvalue weighted by molar-refractivity contribution is 9.10. The number of ether oxygens (including phenoxy) is 1. The number of carbonyl (C=O) groups excluding carboxylic acids is 1. The standard InChI is InChI=1S/C23H22BrNO3/c24-20-7-3-6-19(13-20)21-10-11-25(23(26)27)14-22(21)28-15-16-8-9-17-4-1-2-5-18(17)12-16/h1-9,12-13,21-22H,10-11,14-15H2,(H,26,27)/p-1. The molecule has 0 aliphatic carbocycles. The summed E-state index contributed by atoms with van der Waals surface area (Å²) < 4.78 is 7.27. The molecule has 0 bridgehead atoms. The Hall–Kier alpha value is -2.37. The van der Waals surface area contributed by atoms with E-state index in [0.29, 0.717) is 26.1 Å². The second kappa shape index (κ2) is 8.33. The highest BCUT2D eigenvalue weighted by atomic mass is 79.9. The van der Waals surface area contributed by atoms with Gasteiger partial charge in [0.2, 0.25) is 0 Å². The zero-order valence-electron chi connectivity index (χ0n) is 15.4. The van der Waals surface area contributed by atoms with Crippen LogP contribution in [0.25, 0.3) is 10.8 Å². The third-order valence-electron chi connectivity index (χ3n) is 5.37. The molecule has 2 atom stereocenters. The zero-order chi connectivity index (χ0) is 19.5. The van der Waals surface area contributed by atoms with Gasteiger partial charge in [-0.2, -0.15) is 0 Å². The predicted octanol–water partition coefficient (Wildman–Crippen LogP) is 4.32. The Morgan fingerprint density at radius 3 is 2.68 bits per heavy atom. The summed E-state index contributed by atoms with van der Waals surface area (Å²) in [5, 5.41) is 13.7. The molecular formula is C23H21BrNO3-. The lowest BCUT2D eigenvalue weighted by molar-refractivity contribution is -0.268. The van der Waals surface area contributed by atoms with Crippen LogP contribution in [0.5, 0.6) is 0 Å². The first kappa shape index (κ1) is 19.0. The second-order valence-electron chi connectivity index (χ2n) is 7.19. The van der Waals surface area contributed by atoms with Gasteiger partial charge < -0.3 is 19.5 Å². The fourth-order valence-electron chi connectivity index (χ4n) is 3.90. The highest BCUT2D eigenvalue weighted by Gasteiger charge is 2.31. The van der Waals surface area contributed by atoms with Gasteiger partial charge in [0.05, 0.1) is 12.7 Å². The van der Waals surface area contributed by atoms with Crippen molar-refractivity contribution in [2.24, 2.45) is 0 Å². The average molecular weight is 439 g/mol. The van der Waals surface area contributed by atoms with Crippen LogP contribution in [-0.2, 0) is 11.3 Å². The molecule has 1 amide bonds. The SMILES string of the molecule is O=C([O-])N1CCC(c2cccc(Br)c2)C(OCc2ccc3ccccc3c2)C1. The van der Waals surface area contributed by atoms with Crippen LogP contribution in [0.15, 0.2) is 71.2 Å². The molecule has 4 nitrogen and oxygen atoms in total. The number of fused-ring (bicyclic) bond motifs is 1. The number of hydrogen-bond donors (Lipinski definition) is 0. The molecule has 0 N–H and O–H groups in total. The smallest absolute Gasteiger partial charge is 0.137 e. The number of hydrogen-bond acceptors (Lipinski definition) is 3. The van der Waals surface area contributed by atoms with Gasteiger partial charge in [-0.05, 0) is 46.5 Å². The summed E-state index contributed by atoms with van der Waals surface area (Å²) >= 11 is 3.53. The van der Waals surface area contributed by atoms with Gasteiger partial charge in [0, 0.05) is 23.5 Å². The fraction of sp³-hybridized carbons (Fsp3) is 0.261. The summed E-state index contributed by atoms with van der Waals surface area (Å²) in [5.74, 6) is 0.147. The number of piperidine rings is 1. The Labute approximate surface area is 172 Å². The Morgan fingerprint density at radius 1 is 1.07 bits per heavy atom. The van der Waals surface area contributed by atoms with Crippen LogP contribution >= 0.6 is 15.9 Å². The molecule has 3 aromatic carbocycles. The average Bonchev–Trinajstić information content (AvgIpc) is 2.72. The first-order valence-electron chi connectivity index (χ1n) is 9.41. The fourth-order valence-corrected chi connectivity index (χ4v) is 4.32. The number of carboxylic acid groups (broad SMARTS) is 1. The van der Waals surface area contributed by atoms with Gasteiger partial charge in [-0.25, -0.2) is 0 Å². The normalized spacial score (nSPS) is 19.7. The summed E-state index contributed by atoms with van der Waals surface area (Å²) in [5.41, 5.74) is 2.24. The van der Waals surface area contributed by atoms with E-state index in [2.05, 4.69) is 58.4 Å². The molecule has 1 heterocycles. The third-order valence-corrected chi connectivity index (χ3v) is 5.87. The zero-order valence-corrected chi connectivity index (χ0v) is 17.0. The lowest BCUT2D eigenvalue weighted by Gasteiger charge is -2.40. The summed E-state index contributed by atoms with van der Waals surface area (Å²) in [6.45, 7) is 1.24. The Morgan fingerprint density at radius 2 is 1.89 bits per heavy atom. The molecule has 0 spiro atoms. The van der Waals surface area contributed by atoms with Crippen LogP contribution in [-0.4, -0.2) is 30.2 Å². The Kier molecular flexibility index (Phi) is 5.64. The van der Waals surface area contributed by atoms with Gasteiger partial charge in [-0.3, -0.25) is 0 Å². The Balaban J connectivity index is 1.54. The van der Waals surface area contributed by atoms with Crippen LogP contribution < -0.4 is 5.11 Å². The lowest BCUT2D eigenvalue weighted by atomic mass is 9.87. The van der Waals surface area contributed by atoms with Crippen LogP contribution in [0.1, 0.15) is 23.5 Å². The molecule has 0 radical (unpaired) electrons. The number of nitrogens with zero attached hydrogens (tertiary/aromatic N) is 1. The van der Waals surface area contributed by atoms with Gasteiger partial charge in [-0.15, -0.1) is 0 Å². The van der Waals surface area contributed by atoms with Crippen molar-refractivity contribution in [2.75, 3.05) is 13.1 Å². The van der Waals surface area contributed by atoms with Crippen molar-refractivity contribution in [3.63, 3.8) is 0 Å². The Bertz CT molecular complexity index is 990. The second-order valence-corrected chi connectivity index (χ2v) is 8.11. The van der Waals surface area contributed by atoms with E-state index in [0.717, 1.165) is 15.6 Å². The van der Waals surface area contributed by atoms with Crippen molar-refractivity contribution in [3.8, 4) is 0 Å². The highest BCUT2D eigenvalue weighted by Crippen LogP contribution is 2.32. The maximum Gasteiger partial charge on any atom is 0.137 e. The third kappa shape index (κ3) is 4.21. The molecule has 1 aliphatic heterocycles. The number of benzene rings is 3. The molecular weight excluding hydrogens is 418 g/mol. The maximum atomic E-state index is 11.4. The van der Waals surface area contributed by atoms with Crippen molar-refractivity contribution in [2.45, 2.75) is 25.0 Å². The predicted molar refractivity (Wildman–Crippen MR) is 111 cm³/mol. The number of amides is 1. The number of halogens is 1. The van der Waals surface area contributed by atoms with E-state index in [4.69, 9.17) is 4.74 Å². The van der Waals surface area contributed by atoms with Gasteiger partial charge in [-0.1, -0.05) is 64.5 Å². The van der Waals surface area contributed by atoms with Crippen molar-refractivity contribution < 1.29 is 14.6 Å². The number of carbonyl (C=O) groups is 1. The van der Waals surface area contributed by atoms with E-state index in [9.17, 15) is 9.90 Å². The number of rotatable bonds is 4. The summed E-state index contributed by atoms with van der Waals surface area (Å²) in [6.07, 6.45) is -0.633. The minimum Gasteiger partial charge on any atom is -0.530 e. The van der Waals surface area contributed by atoms with E-state index in [1.807, 2.05) is 24.3 Å². The lowest BCUT2D eigenvalue weighted by Crippen LogP contribution is -2.51. The van der Waals surface area contributed by atoms with Crippen LogP contribution in [0.4, 0.5) is 4.79 Å². The van der Waals surface area contributed by atoms with Crippen molar-refractivity contribution >= 4 is 32.8 Å². The topological polar surface area (TPSA) is 52.6 Å². The molecule has 144 valence electrons. The maximum absolute atomic E-state index is 11.4.